The number of piperazine rings is 1. The van der Waals surface area contributed by atoms with Crippen LogP contribution in [0, 0.1) is 0 Å². The van der Waals surface area contributed by atoms with Gasteiger partial charge in [0.2, 0.25) is 0 Å². The van der Waals surface area contributed by atoms with Gasteiger partial charge in [0.25, 0.3) is 0 Å². The topological polar surface area (TPSA) is 42.9 Å². The summed E-state index contributed by atoms with van der Waals surface area (Å²) in [5.74, 6) is 0.820. The third-order valence-electron chi connectivity index (χ3n) is 5.33. The van der Waals surface area contributed by atoms with Crippen LogP contribution < -0.4 is 10.6 Å². The van der Waals surface area contributed by atoms with Gasteiger partial charge in [-0.2, -0.15) is 0 Å². The first-order valence-electron chi connectivity index (χ1n) is 10.3. The molecule has 0 unspecified atom stereocenters. The monoisotopic (exact) mass is 413 g/mol. The molecule has 156 valence electrons. The van der Waals surface area contributed by atoms with Crippen molar-refractivity contribution in [1.29, 1.82) is 0 Å². The number of aliphatic imine (C=N–C) groups is 1. The van der Waals surface area contributed by atoms with Crippen molar-refractivity contribution in [3.05, 3.63) is 70.2 Å². The predicted octanol–water partition coefficient (Wildman–Crippen LogP) is 3.00. The lowest BCUT2D eigenvalue weighted by Gasteiger charge is -2.32. The highest BCUT2D eigenvalue weighted by molar-refractivity contribution is 6.30. The van der Waals surface area contributed by atoms with E-state index in [1.807, 2.05) is 12.1 Å². The quantitative estimate of drug-likeness (QED) is 0.541. The van der Waals surface area contributed by atoms with Crippen molar-refractivity contribution in [2.75, 3.05) is 46.8 Å². The average Bonchev–Trinajstić information content (AvgIpc) is 2.74. The molecule has 0 bridgehead atoms. The van der Waals surface area contributed by atoms with Crippen LogP contribution in [0.15, 0.2) is 53.5 Å². The Kier molecular flexibility index (Phi) is 8.35. The maximum absolute atomic E-state index is 5.93. The van der Waals surface area contributed by atoms with Crippen LogP contribution in [-0.4, -0.2) is 62.6 Å². The Labute approximate surface area is 179 Å². The minimum atomic E-state index is 0.759. The molecule has 0 radical (unpaired) electrons. The van der Waals surface area contributed by atoms with Crippen LogP contribution in [-0.2, 0) is 19.5 Å². The summed E-state index contributed by atoms with van der Waals surface area (Å²) in [7, 11) is 4.00. The minimum Gasteiger partial charge on any atom is -0.356 e. The molecule has 1 aliphatic heterocycles. The second-order valence-corrected chi connectivity index (χ2v) is 8.06. The molecule has 0 spiro atoms. The molecule has 1 fully saturated rings. The van der Waals surface area contributed by atoms with Gasteiger partial charge in [-0.1, -0.05) is 48.0 Å². The van der Waals surface area contributed by atoms with Crippen molar-refractivity contribution in [1.82, 2.24) is 20.4 Å². The molecule has 0 saturated carbocycles. The lowest BCUT2D eigenvalue weighted by atomic mass is 10.1. The number of halogens is 1. The summed E-state index contributed by atoms with van der Waals surface area (Å²) >= 11 is 5.93. The number of benzene rings is 2. The van der Waals surface area contributed by atoms with Crippen LogP contribution in [0.4, 0.5) is 0 Å². The van der Waals surface area contributed by atoms with Crippen LogP contribution in [0.1, 0.15) is 16.7 Å². The van der Waals surface area contributed by atoms with Gasteiger partial charge in [-0.25, -0.2) is 0 Å². The van der Waals surface area contributed by atoms with Gasteiger partial charge >= 0.3 is 0 Å². The second-order valence-electron chi connectivity index (χ2n) is 7.62. The number of nitrogens with one attached hydrogen (secondary N) is 2. The van der Waals surface area contributed by atoms with E-state index in [0.29, 0.717) is 0 Å². The molecule has 2 N–H and O–H groups in total. The molecule has 1 aliphatic rings. The highest BCUT2D eigenvalue weighted by Crippen LogP contribution is 2.10. The smallest absolute Gasteiger partial charge is 0.191 e. The van der Waals surface area contributed by atoms with E-state index in [-0.39, 0.29) is 0 Å². The third kappa shape index (κ3) is 7.35. The molecule has 6 heteroatoms. The van der Waals surface area contributed by atoms with E-state index in [0.717, 1.165) is 63.2 Å². The van der Waals surface area contributed by atoms with Gasteiger partial charge in [0.1, 0.15) is 0 Å². The molecule has 29 heavy (non-hydrogen) atoms. The van der Waals surface area contributed by atoms with Crippen LogP contribution in [0.2, 0.25) is 5.02 Å². The summed E-state index contributed by atoms with van der Waals surface area (Å²) in [5.41, 5.74) is 3.89. The average molecular weight is 414 g/mol. The van der Waals surface area contributed by atoms with Crippen LogP contribution >= 0.6 is 11.6 Å². The molecule has 0 amide bonds. The number of rotatable bonds is 7. The van der Waals surface area contributed by atoms with Gasteiger partial charge in [-0.05, 0) is 42.3 Å². The fraction of sp³-hybridized carbons (Fsp3) is 0.435. The van der Waals surface area contributed by atoms with E-state index in [1.54, 1.807) is 7.05 Å². The van der Waals surface area contributed by atoms with Crippen molar-refractivity contribution in [3.8, 4) is 0 Å². The Bertz CT molecular complexity index is 765. The predicted molar refractivity (Wildman–Crippen MR) is 123 cm³/mol. The van der Waals surface area contributed by atoms with Gasteiger partial charge in [-0.15, -0.1) is 0 Å². The summed E-state index contributed by atoms with van der Waals surface area (Å²) < 4.78 is 0. The number of hydrogen-bond donors (Lipinski definition) is 2. The Morgan fingerprint density at radius 2 is 1.52 bits per heavy atom. The molecule has 2 aromatic carbocycles. The summed E-state index contributed by atoms with van der Waals surface area (Å²) in [6, 6.07) is 16.9. The molecule has 1 saturated heterocycles. The normalized spacial score (nSPS) is 16.0. The first-order valence-corrected chi connectivity index (χ1v) is 10.7. The highest BCUT2D eigenvalue weighted by Gasteiger charge is 2.13. The van der Waals surface area contributed by atoms with Crippen molar-refractivity contribution in [3.63, 3.8) is 0 Å². The van der Waals surface area contributed by atoms with Crippen LogP contribution in [0.5, 0.6) is 0 Å². The van der Waals surface area contributed by atoms with E-state index in [9.17, 15) is 0 Å². The second kappa shape index (κ2) is 11.2. The van der Waals surface area contributed by atoms with Gasteiger partial charge < -0.3 is 15.5 Å². The summed E-state index contributed by atoms with van der Waals surface area (Å²) in [6.45, 7) is 7.24. The van der Waals surface area contributed by atoms with Crippen LogP contribution in [0.3, 0.4) is 0 Å². The van der Waals surface area contributed by atoms with Gasteiger partial charge in [0.15, 0.2) is 5.96 Å². The fourth-order valence-electron chi connectivity index (χ4n) is 3.41. The van der Waals surface area contributed by atoms with Crippen LogP contribution in [0.25, 0.3) is 0 Å². The molecule has 0 aliphatic carbocycles. The molecule has 5 nitrogen and oxygen atoms in total. The molecular weight excluding hydrogens is 382 g/mol. The molecule has 2 aromatic rings. The highest BCUT2D eigenvalue weighted by atomic mass is 35.5. The first kappa shape index (κ1) is 21.6. The van der Waals surface area contributed by atoms with E-state index >= 15 is 0 Å². The van der Waals surface area contributed by atoms with Gasteiger partial charge in [-0.3, -0.25) is 9.89 Å². The first-order chi connectivity index (χ1) is 14.1. The van der Waals surface area contributed by atoms with E-state index in [2.05, 4.69) is 68.9 Å². The number of hydrogen-bond acceptors (Lipinski definition) is 3. The molecular formula is C23H32ClN5. The zero-order valence-electron chi connectivity index (χ0n) is 17.5. The van der Waals surface area contributed by atoms with Crippen molar-refractivity contribution in [2.45, 2.75) is 19.5 Å². The van der Waals surface area contributed by atoms with E-state index in [1.165, 1.54) is 16.7 Å². The minimum absolute atomic E-state index is 0.759. The maximum atomic E-state index is 5.93. The number of nitrogens with zero attached hydrogens (tertiary/aromatic N) is 3. The van der Waals surface area contributed by atoms with Crippen molar-refractivity contribution in [2.24, 2.45) is 4.99 Å². The third-order valence-corrected chi connectivity index (χ3v) is 5.58. The number of likely N-dealkylation sites (N-methyl/N-ethyl adjacent to an activating group) is 1. The molecule has 0 atom stereocenters. The zero-order chi connectivity index (χ0) is 20.5. The Hall–Kier alpha value is -2.08. The largest absolute Gasteiger partial charge is 0.356 e. The Morgan fingerprint density at radius 1 is 0.897 bits per heavy atom. The number of guanidine groups is 1. The molecule has 0 aromatic heterocycles. The maximum Gasteiger partial charge on any atom is 0.191 e. The van der Waals surface area contributed by atoms with E-state index in [4.69, 9.17) is 11.6 Å². The lowest BCUT2D eigenvalue weighted by molar-refractivity contribution is 0.148. The molecule has 3 rings (SSSR count). The molecule has 1 heterocycles. The van der Waals surface area contributed by atoms with Crippen molar-refractivity contribution < 1.29 is 0 Å². The van der Waals surface area contributed by atoms with Gasteiger partial charge in [0.05, 0.1) is 0 Å². The lowest BCUT2D eigenvalue weighted by Crippen LogP contribution is -2.43. The zero-order valence-corrected chi connectivity index (χ0v) is 18.3. The Balaban J connectivity index is 1.39. The summed E-state index contributed by atoms with van der Waals surface area (Å²) in [4.78, 5) is 9.23. The summed E-state index contributed by atoms with van der Waals surface area (Å²) in [5, 5.41) is 7.53. The van der Waals surface area contributed by atoms with Crippen molar-refractivity contribution >= 4 is 17.6 Å². The fourth-order valence-corrected chi connectivity index (χ4v) is 3.54. The Morgan fingerprint density at radius 3 is 2.17 bits per heavy atom. The van der Waals surface area contributed by atoms with E-state index < -0.39 is 0 Å². The SMILES string of the molecule is CN=C(NCCc1ccc(Cl)cc1)NCc1ccc(CN2CCN(C)CC2)cc1. The van der Waals surface area contributed by atoms with Gasteiger partial charge in [0, 0.05) is 57.9 Å². The summed E-state index contributed by atoms with van der Waals surface area (Å²) in [6.07, 6.45) is 0.929. The standard InChI is InChI=1S/C23H32ClN5/c1-25-23(26-12-11-19-7-9-22(24)10-8-19)27-17-20-3-5-21(6-4-20)18-29-15-13-28(2)14-16-29/h3-10H,11-18H2,1-2H3,(H2,25,26,27).